The van der Waals surface area contributed by atoms with Gasteiger partial charge in [0.05, 0.1) is 62.3 Å². The summed E-state index contributed by atoms with van der Waals surface area (Å²) >= 11 is 7.49. The number of ketones is 9. The molecule has 0 aliphatic carbocycles. The van der Waals surface area contributed by atoms with Gasteiger partial charge >= 0.3 is 0 Å². The Kier molecular flexibility index (Phi) is 61.4. The topological polar surface area (TPSA) is 391 Å². The van der Waals surface area contributed by atoms with E-state index >= 15 is 0 Å². The molecular formula is C89H147ClIN3O24S2. The zero-order valence-corrected chi connectivity index (χ0v) is 80.1. The van der Waals surface area contributed by atoms with Gasteiger partial charge in [-0.2, -0.15) is 8.42 Å². The molecule has 0 aromatic rings. The molecule has 1 N–H and O–H groups in total. The van der Waals surface area contributed by atoms with E-state index in [9.17, 15) is 93.3 Å². The first kappa shape index (κ1) is 118. The molecule has 1 atom stereocenters. The lowest BCUT2D eigenvalue weighted by molar-refractivity contribution is -0.138. The highest BCUT2D eigenvalue weighted by atomic mass is 127. The first-order valence-electron chi connectivity index (χ1n) is 42.0. The second kappa shape index (κ2) is 62.3. The fourth-order valence-corrected chi connectivity index (χ4v) is 13.0. The number of carbonyl (C=O) groups is 15. The van der Waals surface area contributed by atoms with E-state index in [4.69, 9.17) is 30.5 Å². The number of amides is 6. The molecule has 688 valence electrons. The minimum atomic E-state index is -4.48. The van der Waals surface area contributed by atoms with Crippen LogP contribution in [0.15, 0.2) is 48.4 Å². The number of carbonyl (C=O) groups excluding carboxylic acids is 15. The zero-order chi connectivity index (χ0) is 92.7. The highest BCUT2D eigenvalue weighted by molar-refractivity contribution is 14.1. The van der Waals surface area contributed by atoms with E-state index in [1.807, 2.05) is 104 Å². The molecule has 0 saturated carbocycles. The van der Waals surface area contributed by atoms with Crippen LogP contribution in [0.1, 0.15) is 298 Å². The van der Waals surface area contributed by atoms with Gasteiger partial charge in [-0.15, -0.1) is 11.6 Å². The van der Waals surface area contributed by atoms with Crippen LogP contribution >= 0.6 is 34.2 Å². The number of imide groups is 3. The Labute approximate surface area is 736 Å². The Morgan fingerprint density at radius 2 is 0.650 bits per heavy atom. The van der Waals surface area contributed by atoms with Gasteiger partial charge in [-0.25, -0.2) is 8.42 Å². The summed E-state index contributed by atoms with van der Waals surface area (Å²) in [6.07, 6.45) is 25.8. The second-order valence-corrected chi connectivity index (χ2v) is 40.6. The van der Waals surface area contributed by atoms with Gasteiger partial charge in [0.2, 0.25) is 0 Å². The monoisotopic (exact) mass is 1870 g/mol. The maximum Gasteiger partial charge on any atom is 0.275 e. The summed E-state index contributed by atoms with van der Waals surface area (Å²) in [5.41, 5.74) is -2.18. The largest absolute Gasteiger partial charge is 0.379 e. The molecule has 3 aliphatic heterocycles. The minimum absolute atomic E-state index is 0.000667. The van der Waals surface area contributed by atoms with E-state index in [1.165, 1.54) is 41.4 Å². The Morgan fingerprint density at radius 3 is 0.967 bits per heavy atom. The van der Waals surface area contributed by atoms with Gasteiger partial charge in [-0.05, 0) is 77.0 Å². The molecule has 0 spiro atoms. The molecule has 0 bridgehead atoms. The van der Waals surface area contributed by atoms with Crippen LogP contribution in [0.3, 0.4) is 0 Å². The van der Waals surface area contributed by atoms with Gasteiger partial charge in [0, 0.05) is 158 Å². The quantitative estimate of drug-likeness (QED) is 0.0194. The third kappa shape index (κ3) is 60.6. The fourth-order valence-electron chi connectivity index (χ4n) is 10.6. The molecule has 3 aliphatic rings. The minimum Gasteiger partial charge on any atom is -0.379 e. The van der Waals surface area contributed by atoms with E-state index in [0.29, 0.717) is 158 Å². The van der Waals surface area contributed by atoms with Gasteiger partial charge in [0.15, 0.2) is 15.6 Å². The molecule has 1 unspecified atom stereocenters. The molecule has 3 rings (SSSR count). The standard InChI is InChI=1S/C23H37NO8.C14H21NO6S.C14H21NO3.C13H23ClO2.C13H23IO2.C12H22O3S/c1-23(2,3)20(26)9-12-30-14-16-32-18-17-31-15-13-29-11-4-5-19(25)8-10-24-21(27)6-7-22(24)28;1-14(2,3)13(18)10(22(19,20)21)6-4-5-9-15-11(16)7-8-12(15)17;1-14(2,3)11(16)7-5-4-6-10-15-12(17)8-9-13(15)18;2*1-13(2,3)12(16)9-7-5-4-6-8-11(15)10-14;1-5-16(14,15)10-8-6-7-9-11(13)12(2,3)4/h6-7H,4-5,8-18H2,1-3H3;7-8,10H,4-6,9H2,1-3H3,(H,19,20,21);8-9H,4-7,10H2,1-3H3;2*4-10H2,1-3H3;5H,1,6-10H2,2-4H3. The Bertz CT molecular complexity index is 3480. The summed E-state index contributed by atoms with van der Waals surface area (Å²) in [4.78, 5) is 175. The van der Waals surface area contributed by atoms with Crippen LogP contribution in [0.2, 0.25) is 0 Å². The summed E-state index contributed by atoms with van der Waals surface area (Å²) in [6.45, 7) is 41.2. The molecule has 27 nitrogen and oxygen atoms in total. The van der Waals surface area contributed by atoms with Crippen molar-refractivity contribution in [2.24, 2.45) is 32.5 Å². The molecule has 3 heterocycles. The lowest BCUT2D eigenvalue weighted by Crippen LogP contribution is -2.38. The van der Waals surface area contributed by atoms with Gasteiger partial charge < -0.3 is 18.9 Å². The predicted octanol–water partition coefficient (Wildman–Crippen LogP) is 15.2. The summed E-state index contributed by atoms with van der Waals surface area (Å²) < 4.78 is 76.3. The van der Waals surface area contributed by atoms with Crippen molar-refractivity contribution in [2.75, 3.05) is 88.5 Å². The van der Waals surface area contributed by atoms with Gasteiger partial charge in [-0.3, -0.25) is 91.2 Å². The molecule has 0 radical (unpaired) electrons. The third-order valence-corrected chi connectivity index (χ3v) is 22.4. The maximum atomic E-state index is 12.1. The van der Waals surface area contributed by atoms with Crippen LogP contribution in [-0.4, -0.2) is 217 Å². The fraction of sp³-hybridized carbons (Fsp3) is 0.742. The average Bonchev–Trinajstić information content (AvgIpc) is 1.12. The molecule has 31 heteroatoms. The lowest BCUT2D eigenvalue weighted by Gasteiger charge is -2.22. The molecule has 6 amide bonds. The van der Waals surface area contributed by atoms with Crippen molar-refractivity contribution in [1.82, 2.24) is 14.7 Å². The number of alkyl halides is 2. The molecule has 0 fully saturated rings. The van der Waals surface area contributed by atoms with Crippen LogP contribution < -0.4 is 0 Å². The summed E-state index contributed by atoms with van der Waals surface area (Å²) in [5, 5.41) is -0.483. The number of nitrogens with zero attached hydrogens (tertiary/aromatic N) is 3. The normalized spacial score (nSPS) is 13.9. The summed E-state index contributed by atoms with van der Waals surface area (Å²) in [7, 11) is -7.55. The Morgan fingerprint density at radius 1 is 0.367 bits per heavy atom. The van der Waals surface area contributed by atoms with Gasteiger partial charge in [-0.1, -0.05) is 192 Å². The summed E-state index contributed by atoms with van der Waals surface area (Å²) in [5.74, 6) is -0.474. The molecular weight excluding hydrogens is 1720 g/mol. The van der Waals surface area contributed by atoms with Crippen LogP contribution in [0.4, 0.5) is 0 Å². The van der Waals surface area contributed by atoms with Crippen molar-refractivity contribution < 1.29 is 112 Å². The van der Waals surface area contributed by atoms with E-state index in [2.05, 4.69) is 29.2 Å². The van der Waals surface area contributed by atoms with Crippen molar-refractivity contribution in [2.45, 2.75) is 303 Å². The van der Waals surface area contributed by atoms with Gasteiger partial charge in [0.25, 0.3) is 45.6 Å². The van der Waals surface area contributed by atoms with Crippen molar-refractivity contribution >= 4 is 142 Å². The number of hydrogen-bond donors (Lipinski definition) is 1. The molecule has 0 saturated heterocycles. The second-order valence-electron chi connectivity index (χ2n) is 35.9. The number of halogens is 2. The number of hydrogen-bond acceptors (Lipinski definition) is 23. The van der Waals surface area contributed by atoms with E-state index in [0.717, 1.165) is 98.7 Å². The number of Topliss-reactive ketones (excluding diaryl/α,β-unsaturated/α-hetero) is 9. The Balaban J connectivity index is -0.00000140. The summed E-state index contributed by atoms with van der Waals surface area (Å²) in [6, 6.07) is 0. The average molecular weight is 1870 g/mol. The van der Waals surface area contributed by atoms with Crippen molar-refractivity contribution in [3.05, 3.63) is 48.4 Å². The van der Waals surface area contributed by atoms with Crippen LogP contribution in [0, 0.1) is 32.5 Å². The maximum absolute atomic E-state index is 12.1. The van der Waals surface area contributed by atoms with Crippen LogP contribution in [-0.2, 0) is 111 Å². The molecule has 0 aromatic carbocycles. The van der Waals surface area contributed by atoms with Crippen LogP contribution in [0.25, 0.3) is 0 Å². The van der Waals surface area contributed by atoms with Crippen molar-refractivity contribution in [1.29, 1.82) is 0 Å². The van der Waals surface area contributed by atoms with Crippen molar-refractivity contribution in [3.63, 3.8) is 0 Å². The Hall–Kier alpha value is -5.87. The number of ether oxygens (including phenoxy) is 4. The molecule has 0 aromatic heterocycles. The smallest absolute Gasteiger partial charge is 0.275 e. The van der Waals surface area contributed by atoms with E-state index in [-0.39, 0.29) is 117 Å². The lowest BCUT2D eigenvalue weighted by atomic mass is 9.87. The van der Waals surface area contributed by atoms with E-state index in [1.54, 1.807) is 20.8 Å². The molecule has 120 heavy (non-hydrogen) atoms. The first-order chi connectivity index (χ1) is 55.4. The third-order valence-electron chi connectivity index (χ3n) is 18.7. The highest BCUT2D eigenvalue weighted by Crippen LogP contribution is 2.26. The van der Waals surface area contributed by atoms with Crippen LogP contribution in [0.5, 0.6) is 0 Å². The predicted molar refractivity (Wildman–Crippen MR) is 476 cm³/mol. The number of unbranched alkanes of at least 4 members (excludes halogenated alkanes) is 11. The highest BCUT2D eigenvalue weighted by Gasteiger charge is 2.38. The number of sulfone groups is 1. The zero-order valence-electron chi connectivity index (χ0n) is 75.6. The van der Waals surface area contributed by atoms with Gasteiger partial charge in [0.1, 0.15) is 51.5 Å². The number of rotatable bonds is 55. The van der Waals surface area contributed by atoms with Crippen molar-refractivity contribution in [3.8, 4) is 0 Å². The first-order valence-corrected chi connectivity index (χ1v) is 47.3. The SMILES string of the molecule is C=CS(=O)(=O)CCCCCC(=O)C(C)(C)C.CC(C)(C)C(=O)C(CCCCN1C(=O)C=CC1=O)S(=O)(=O)O.CC(C)(C)C(=O)CCCCCCC(=O)CCl.CC(C)(C)C(=O)CCCCCCC(=O)CI.CC(C)(C)C(=O)CCCCCN1C(=O)C=CC1=O.CC(C)(C)C(=O)CCOCCOCCOCCOCCCC(=O)CCN1C(=O)C=CC1=O. The van der Waals surface area contributed by atoms with E-state index < -0.39 is 48.2 Å².